The molecule has 0 aromatic heterocycles. The second kappa shape index (κ2) is 12.3. The van der Waals surface area contributed by atoms with Gasteiger partial charge in [-0.15, -0.1) is 0 Å². The molecule has 1 rings (SSSR count). The number of rotatable bonds is 3. The summed E-state index contributed by atoms with van der Waals surface area (Å²) in [5.74, 6) is 0.345. The Morgan fingerprint density at radius 2 is 2.05 bits per heavy atom. The molecule has 1 amide bonds. The van der Waals surface area contributed by atoms with Gasteiger partial charge in [0.1, 0.15) is 6.10 Å². The molecule has 0 aliphatic carbocycles. The Bertz CT molecular complexity index is 307. The molecule has 0 radical (unpaired) electrons. The van der Waals surface area contributed by atoms with Crippen LogP contribution < -0.4 is 5.32 Å². The molecule has 1 heterocycles. The summed E-state index contributed by atoms with van der Waals surface area (Å²) < 4.78 is 10.7. The number of nitrogens with one attached hydrogen (secondary N) is 1. The number of amides is 1. The summed E-state index contributed by atoms with van der Waals surface area (Å²) in [4.78, 5) is 11.3. The van der Waals surface area contributed by atoms with Gasteiger partial charge in [-0.05, 0) is 25.9 Å². The van der Waals surface area contributed by atoms with E-state index in [-0.39, 0.29) is 24.9 Å². The molecule has 4 atom stereocenters. The normalized spacial score (nSPS) is 29.3. The van der Waals surface area contributed by atoms with Crippen molar-refractivity contribution >= 4 is 67.3 Å². The van der Waals surface area contributed by atoms with E-state index < -0.39 is 12.2 Å². The minimum absolute atomic E-state index is 0.0402. The van der Waals surface area contributed by atoms with E-state index in [9.17, 15) is 9.90 Å². The van der Waals surface area contributed by atoms with Crippen molar-refractivity contribution in [1.82, 2.24) is 5.32 Å². The van der Waals surface area contributed by atoms with Crippen molar-refractivity contribution in [2.75, 3.05) is 6.61 Å². The van der Waals surface area contributed by atoms with E-state index in [0.29, 0.717) is 16.3 Å². The molecule has 1 aliphatic rings. The zero-order valence-corrected chi connectivity index (χ0v) is 19.7. The fourth-order valence-corrected chi connectivity index (χ4v) is 1.99. The van der Waals surface area contributed by atoms with Crippen LogP contribution in [-0.2, 0) is 13.5 Å². The Kier molecular flexibility index (Phi) is 13.4. The summed E-state index contributed by atoms with van der Waals surface area (Å²) >= 11 is 7.14. The third-order valence-electron chi connectivity index (χ3n) is 3.05. The zero-order chi connectivity index (χ0) is 16.6. The molecule has 1 fully saturated rings. The molecular weight excluding hydrogens is 662 g/mol. The van der Waals surface area contributed by atoms with Crippen LogP contribution in [0.25, 0.3) is 0 Å². The van der Waals surface area contributed by atoms with E-state index in [1.807, 2.05) is 0 Å². The third kappa shape index (κ3) is 10.4. The molecule has 2 N–H and O–H groups in total. The van der Waals surface area contributed by atoms with Crippen molar-refractivity contribution < 1.29 is 23.4 Å². The maximum absolute atomic E-state index is 11.3. The predicted molar refractivity (Wildman–Crippen MR) is 105 cm³/mol. The van der Waals surface area contributed by atoms with Crippen LogP contribution in [0, 0.1) is 12.8 Å². The number of carbonyl (C=O) groups is 1. The van der Waals surface area contributed by atoms with E-state index in [1.54, 1.807) is 6.92 Å². The van der Waals surface area contributed by atoms with Gasteiger partial charge >= 0.3 is 71.3 Å². The van der Waals surface area contributed by atoms with Gasteiger partial charge in [-0.2, -0.15) is 0 Å². The number of aliphatic hydroxyl groups excluding tert-OH is 1. The van der Waals surface area contributed by atoms with Crippen molar-refractivity contribution in [2.45, 2.75) is 51.5 Å². The van der Waals surface area contributed by atoms with Crippen LogP contribution in [0.15, 0.2) is 0 Å². The number of hydrogen-bond acceptors (Lipinski definition) is 4. The molecule has 4 unspecified atom stereocenters. The van der Waals surface area contributed by atoms with Crippen LogP contribution in [0.4, 0.5) is 4.79 Å². The summed E-state index contributed by atoms with van der Waals surface area (Å²) in [6.07, 6.45) is -0.905. The Morgan fingerprint density at radius 1 is 1.52 bits per heavy atom. The number of aliphatic hydroxyl groups is 1. The van der Waals surface area contributed by atoms with Crippen molar-refractivity contribution in [2.24, 2.45) is 5.92 Å². The van der Waals surface area contributed by atoms with Crippen LogP contribution in [0.2, 0.25) is 0 Å². The van der Waals surface area contributed by atoms with E-state index >= 15 is 0 Å². The van der Waals surface area contributed by atoms with Gasteiger partial charge in [0, 0.05) is 0 Å². The summed E-state index contributed by atoms with van der Waals surface area (Å²) in [5, 5.41) is 12.6. The van der Waals surface area contributed by atoms with Crippen molar-refractivity contribution in [3.05, 3.63) is 6.92 Å². The Morgan fingerprint density at radius 3 is 2.48 bits per heavy atom. The molecule has 0 saturated carbocycles. The van der Waals surface area contributed by atoms with Crippen LogP contribution in [-0.4, -0.2) is 42.2 Å². The molecule has 0 aromatic rings. The molecule has 0 spiro atoms. The number of ether oxygens (including phenoxy) is 2. The third-order valence-corrected chi connectivity index (χ3v) is 3.05. The fourth-order valence-electron chi connectivity index (χ4n) is 1.99. The van der Waals surface area contributed by atoms with Gasteiger partial charge in [0.05, 0.1) is 18.2 Å². The first-order valence-electron chi connectivity index (χ1n) is 6.39. The Hall–Kier alpha value is 1.89. The first kappa shape index (κ1) is 22.9. The first-order chi connectivity index (χ1) is 9.68. The van der Waals surface area contributed by atoms with Crippen LogP contribution in [0.1, 0.15) is 27.2 Å². The molecule has 9 heteroatoms. The maximum atomic E-state index is 11.3. The number of hydrogen-bond donors (Lipinski definition) is 2. The molecule has 130 valence electrons. The SMILES string of the molecule is [CH2-]COC(=O)NC1CC(C(C)C)OC(C)C1O.[I][Co]([I])[I]. The van der Waals surface area contributed by atoms with Gasteiger partial charge in [0.2, 0.25) is 0 Å². The van der Waals surface area contributed by atoms with Gasteiger partial charge < -0.3 is 26.8 Å². The predicted octanol–water partition coefficient (Wildman–Crippen LogP) is 3.76. The van der Waals surface area contributed by atoms with E-state index in [2.05, 4.69) is 87.3 Å². The first-order valence-corrected chi connectivity index (χ1v) is 16.5. The van der Waals surface area contributed by atoms with E-state index in [0.717, 1.165) is 0 Å². The zero-order valence-electron chi connectivity index (χ0n) is 12.1. The topological polar surface area (TPSA) is 67.8 Å². The second-order valence-electron chi connectivity index (χ2n) is 4.88. The summed E-state index contributed by atoms with van der Waals surface area (Å²) in [5.41, 5.74) is 0. The standard InChI is InChI=1S/C12H22NO4.Co.3HI/c1-5-16-12(15)13-9-6-10(7(2)3)17-8(4)11(9)14;;;;/h7-11,14H,1,5-6H2,2-4H3,(H,13,15);;3*1H/q-1;+3;;;/p-3. The summed E-state index contributed by atoms with van der Waals surface area (Å²) in [6.45, 7) is 9.42. The molecule has 1 saturated heterocycles. The number of carbonyl (C=O) groups excluding carboxylic acids is 1. The van der Waals surface area contributed by atoms with Crippen molar-refractivity contribution in [3.8, 4) is 0 Å². The van der Waals surface area contributed by atoms with Crippen molar-refractivity contribution in [1.29, 1.82) is 0 Å². The minimum atomic E-state index is -0.706. The Balaban J connectivity index is 0.000000885. The van der Waals surface area contributed by atoms with E-state index in [1.165, 1.54) is 0 Å². The fraction of sp³-hybridized carbons (Fsp3) is 0.833. The van der Waals surface area contributed by atoms with Gasteiger partial charge in [0.15, 0.2) is 0 Å². The van der Waals surface area contributed by atoms with Gasteiger partial charge in [0.25, 0.3) is 0 Å². The average molecular weight is 684 g/mol. The second-order valence-corrected chi connectivity index (χ2v) is 31.2. The van der Waals surface area contributed by atoms with Crippen LogP contribution in [0.3, 0.4) is 0 Å². The van der Waals surface area contributed by atoms with E-state index in [4.69, 9.17) is 9.47 Å². The average Bonchev–Trinajstić information content (AvgIpc) is 2.34. The molecule has 0 aromatic carbocycles. The molecular formula is C12H22CoI3NO4-. The number of halogens is 3. The molecule has 0 bridgehead atoms. The Labute approximate surface area is 165 Å². The molecule has 1 aliphatic heterocycles. The van der Waals surface area contributed by atoms with Gasteiger partial charge in [-0.3, -0.25) is 0 Å². The van der Waals surface area contributed by atoms with Gasteiger partial charge in [-0.25, -0.2) is 4.79 Å². The monoisotopic (exact) mass is 684 g/mol. The summed E-state index contributed by atoms with van der Waals surface area (Å²) in [6, 6.07) is -0.329. The van der Waals surface area contributed by atoms with Crippen molar-refractivity contribution in [3.63, 3.8) is 0 Å². The van der Waals surface area contributed by atoms with Crippen LogP contribution >= 0.6 is 61.2 Å². The summed E-state index contributed by atoms with van der Waals surface area (Å²) in [7, 11) is 0. The molecule has 5 nitrogen and oxygen atoms in total. The number of alkyl carbamates (subject to hydrolysis) is 1. The van der Waals surface area contributed by atoms with Crippen LogP contribution in [0.5, 0.6) is 0 Å². The molecule has 21 heavy (non-hydrogen) atoms. The quantitative estimate of drug-likeness (QED) is 0.352. The van der Waals surface area contributed by atoms with Gasteiger partial charge in [-0.1, -0.05) is 13.8 Å².